The summed E-state index contributed by atoms with van der Waals surface area (Å²) in [6.07, 6.45) is 0.424. The van der Waals surface area contributed by atoms with Gasteiger partial charge in [0.25, 0.3) is 0 Å². The number of nitrogens with two attached hydrogens (primary N) is 1. The molecule has 2 rings (SSSR count). The van der Waals surface area contributed by atoms with E-state index in [-0.39, 0.29) is 5.91 Å². The molecule has 4 heteroatoms. The second kappa shape index (κ2) is 2.42. The summed E-state index contributed by atoms with van der Waals surface area (Å²) in [5.41, 5.74) is 8.03. The Morgan fingerprint density at radius 3 is 3.00 bits per heavy atom. The van der Waals surface area contributed by atoms with Crippen LogP contribution in [0.1, 0.15) is 5.56 Å². The van der Waals surface area contributed by atoms with E-state index in [0.717, 1.165) is 11.3 Å². The quantitative estimate of drug-likeness (QED) is 0.413. The molecule has 12 heavy (non-hydrogen) atoms. The highest BCUT2D eigenvalue weighted by Gasteiger charge is 2.18. The van der Waals surface area contributed by atoms with Gasteiger partial charge >= 0.3 is 0 Å². The van der Waals surface area contributed by atoms with Gasteiger partial charge in [-0.15, -0.1) is 12.6 Å². The van der Waals surface area contributed by atoms with Gasteiger partial charge in [-0.2, -0.15) is 0 Å². The second-order valence-corrected chi connectivity index (χ2v) is 3.27. The predicted octanol–water partition coefficient (Wildman–Crippen LogP) is 1.05. The van der Waals surface area contributed by atoms with Crippen LogP contribution in [0, 0.1) is 0 Å². The van der Waals surface area contributed by atoms with E-state index in [4.69, 9.17) is 5.73 Å². The van der Waals surface area contributed by atoms with Gasteiger partial charge in [-0.05, 0) is 17.7 Å². The van der Waals surface area contributed by atoms with Crippen LogP contribution in [-0.4, -0.2) is 5.91 Å². The Morgan fingerprint density at radius 2 is 2.25 bits per heavy atom. The summed E-state index contributed by atoms with van der Waals surface area (Å²) in [6, 6.07) is 3.56. The third-order valence-corrected chi connectivity index (χ3v) is 2.26. The maximum Gasteiger partial charge on any atom is 0.228 e. The number of carbonyl (C=O) groups is 1. The Hall–Kier alpha value is -1.16. The lowest BCUT2D eigenvalue weighted by atomic mass is 10.1. The van der Waals surface area contributed by atoms with Crippen LogP contribution in [0.15, 0.2) is 17.0 Å². The molecule has 62 valence electrons. The normalized spacial score (nSPS) is 14.2. The number of nitrogens with one attached hydrogen (secondary N) is 1. The standard InChI is InChI=1S/C8H8N2OS/c9-5-1-4-2-8(11)10-6(4)3-7(5)12/h1,3,12H,2,9H2,(H,10,11). The number of amides is 1. The third kappa shape index (κ3) is 1.04. The van der Waals surface area contributed by atoms with Crippen LogP contribution in [0.4, 0.5) is 11.4 Å². The van der Waals surface area contributed by atoms with E-state index < -0.39 is 0 Å². The molecule has 0 saturated carbocycles. The fraction of sp³-hybridized carbons (Fsp3) is 0.125. The van der Waals surface area contributed by atoms with Gasteiger partial charge in [0.2, 0.25) is 5.91 Å². The average Bonchev–Trinajstić information content (AvgIpc) is 2.30. The number of anilines is 2. The van der Waals surface area contributed by atoms with Crippen LogP contribution in [-0.2, 0) is 11.2 Å². The summed E-state index contributed by atoms with van der Waals surface area (Å²) in [6.45, 7) is 0. The van der Waals surface area contributed by atoms with Crippen molar-refractivity contribution in [2.45, 2.75) is 11.3 Å². The molecule has 1 aliphatic rings. The molecule has 1 aromatic carbocycles. The van der Waals surface area contributed by atoms with Gasteiger partial charge in [0, 0.05) is 16.3 Å². The monoisotopic (exact) mass is 180 g/mol. The first-order chi connectivity index (χ1) is 5.66. The van der Waals surface area contributed by atoms with Gasteiger partial charge in [0.05, 0.1) is 6.42 Å². The Bertz CT molecular complexity index is 329. The molecule has 1 heterocycles. The molecule has 0 aliphatic carbocycles. The van der Waals surface area contributed by atoms with E-state index in [2.05, 4.69) is 17.9 Å². The zero-order valence-corrected chi connectivity index (χ0v) is 7.19. The lowest BCUT2D eigenvalue weighted by molar-refractivity contribution is -0.115. The van der Waals surface area contributed by atoms with Gasteiger partial charge < -0.3 is 11.1 Å². The first kappa shape index (κ1) is 7.49. The summed E-state index contributed by atoms with van der Waals surface area (Å²) in [7, 11) is 0. The topological polar surface area (TPSA) is 55.1 Å². The molecule has 0 aromatic heterocycles. The van der Waals surface area contributed by atoms with Crippen LogP contribution < -0.4 is 11.1 Å². The van der Waals surface area contributed by atoms with Crippen LogP contribution >= 0.6 is 12.6 Å². The molecular weight excluding hydrogens is 172 g/mol. The minimum Gasteiger partial charge on any atom is -0.398 e. The third-order valence-electron chi connectivity index (χ3n) is 1.88. The highest BCUT2D eigenvalue weighted by Crippen LogP contribution is 2.29. The van der Waals surface area contributed by atoms with Crippen LogP contribution in [0.5, 0.6) is 0 Å². The van der Waals surface area contributed by atoms with E-state index in [9.17, 15) is 4.79 Å². The average molecular weight is 180 g/mol. The Labute approximate surface area is 75.4 Å². The number of thiol groups is 1. The lowest BCUT2D eigenvalue weighted by Gasteiger charge is -2.02. The molecule has 0 saturated heterocycles. The first-order valence-corrected chi connectivity index (χ1v) is 4.03. The largest absolute Gasteiger partial charge is 0.398 e. The van der Waals surface area contributed by atoms with E-state index in [0.29, 0.717) is 17.0 Å². The minimum absolute atomic E-state index is 0.0170. The summed E-state index contributed by atoms with van der Waals surface area (Å²) in [5.74, 6) is 0.0170. The van der Waals surface area contributed by atoms with Crippen LogP contribution in [0.2, 0.25) is 0 Å². The maximum absolute atomic E-state index is 10.9. The smallest absolute Gasteiger partial charge is 0.228 e. The van der Waals surface area contributed by atoms with Crippen molar-refractivity contribution in [2.24, 2.45) is 0 Å². The SMILES string of the molecule is Nc1cc2c(cc1S)NC(=O)C2. The van der Waals surface area contributed by atoms with Gasteiger partial charge in [-0.25, -0.2) is 0 Å². The van der Waals surface area contributed by atoms with Crippen molar-refractivity contribution < 1.29 is 4.79 Å². The zero-order valence-electron chi connectivity index (χ0n) is 6.29. The number of fused-ring (bicyclic) bond motifs is 1. The molecule has 0 fully saturated rings. The first-order valence-electron chi connectivity index (χ1n) is 3.58. The molecule has 3 nitrogen and oxygen atoms in total. The number of hydrogen-bond donors (Lipinski definition) is 3. The van der Waals surface area contributed by atoms with E-state index >= 15 is 0 Å². The Kier molecular flexibility index (Phi) is 1.51. The van der Waals surface area contributed by atoms with Crippen molar-refractivity contribution in [1.29, 1.82) is 0 Å². The maximum atomic E-state index is 10.9. The van der Waals surface area contributed by atoms with Crippen LogP contribution in [0.3, 0.4) is 0 Å². The summed E-state index contributed by atoms with van der Waals surface area (Å²) in [4.78, 5) is 11.7. The van der Waals surface area contributed by atoms with Crippen LogP contribution in [0.25, 0.3) is 0 Å². The number of benzene rings is 1. The summed E-state index contributed by atoms with van der Waals surface area (Å²) >= 11 is 4.15. The molecule has 0 atom stereocenters. The number of nitrogen functional groups attached to an aromatic ring is 1. The number of hydrogen-bond acceptors (Lipinski definition) is 3. The second-order valence-electron chi connectivity index (χ2n) is 2.79. The van der Waals surface area contributed by atoms with Gasteiger partial charge in [0.15, 0.2) is 0 Å². The Balaban J connectivity index is 2.55. The molecule has 0 unspecified atom stereocenters. The van der Waals surface area contributed by atoms with E-state index in [1.807, 2.05) is 0 Å². The van der Waals surface area contributed by atoms with Crippen molar-refractivity contribution in [3.05, 3.63) is 17.7 Å². The summed E-state index contributed by atoms with van der Waals surface area (Å²) in [5, 5.41) is 2.72. The highest BCUT2D eigenvalue weighted by molar-refractivity contribution is 7.80. The van der Waals surface area contributed by atoms with Gasteiger partial charge in [0.1, 0.15) is 0 Å². The fourth-order valence-corrected chi connectivity index (χ4v) is 1.48. The molecule has 1 aliphatic heterocycles. The molecule has 1 aromatic rings. The van der Waals surface area contributed by atoms with Crippen molar-refractivity contribution in [1.82, 2.24) is 0 Å². The van der Waals surface area contributed by atoms with Crippen molar-refractivity contribution in [2.75, 3.05) is 11.1 Å². The van der Waals surface area contributed by atoms with Gasteiger partial charge in [-0.1, -0.05) is 0 Å². The molecule has 0 spiro atoms. The van der Waals surface area contributed by atoms with Gasteiger partial charge in [-0.3, -0.25) is 4.79 Å². The van der Waals surface area contributed by atoms with Crippen molar-refractivity contribution in [3.63, 3.8) is 0 Å². The summed E-state index contributed by atoms with van der Waals surface area (Å²) < 4.78 is 0. The molecular formula is C8H8N2OS. The van der Waals surface area contributed by atoms with Crippen molar-refractivity contribution >= 4 is 29.9 Å². The fourth-order valence-electron chi connectivity index (χ4n) is 1.28. The zero-order chi connectivity index (χ0) is 8.72. The van der Waals surface area contributed by atoms with E-state index in [1.54, 1.807) is 12.1 Å². The lowest BCUT2D eigenvalue weighted by Crippen LogP contribution is -2.03. The molecule has 0 bridgehead atoms. The molecule has 3 N–H and O–H groups in total. The molecule has 1 amide bonds. The molecule has 0 radical (unpaired) electrons. The minimum atomic E-state index is 0.0170. The number of carbonyl (C=O) groups excluding carboxylic acids is 1. The predicted molar refractivity (Wildman–Crippen MR) is 50.4 cm³/mol. The number of rotatable bonds is 0. The van der Waals surface area contributed by atoms with Crippen molar-refractivity contribution in [3.8, 4) is 0 Å². The Morgan fingerprint density at radius 1 is 1.50 bits per heavy atom. The highest BCUT2D eigenvalue weighted by atomic mass is 32.1. The van der Waals surface area contributed by atoms with E-state index in [1.165, 1.54) is 0 Å².